The lowest BCUT2D eigenvalue weighted by Crippen LogP contribution is -2.40. The number of aromatic nitrogens is 1. The van der Waals surface area contributed by atoms with Crippen molar-refractivity contribution in [1.82, 2.24) is 15.2 Å². The number of nitrogens with two attached hydrogens (primary N) is 1. The highest BCUT2D eigenvalue weighted by atomic mass is 16.1. The highest BCUT2D eigenvalue weighted by molar-refractivity contribution is 5.86. The monoisotopic (exact) mass is 472 g/mol. The molecule has 2 aromatic carbocycles. The second-order valence-electron chi connectivity index (χ2n) is 10.8. The van der Waals surface area contributed by atoms with E-state index in [4.69, 9.17) is 5.73 Å². The number of fused-ring (bicyclic) bond motifs is 1. The molecular weight excluding hydrogens is 432 g/mol. The standard InChI is InChI=1S/C30H40N4O/c1-21-5-4-6-23(17-21)27(18-30(35)33-25-11-9-24(31)10-12-25)28-20-34(19-22-13-15-32-16-14-22)29-8-3-2-7-26(28)29/h2-8,17,20,22,24-25,27,32H,9-16,18-19,31H2,1H3,(H,33,35)/t24-,25-,27?. The molecule has 5 nitrogen and oxygen atoms in total. The van der Waals surface area contributed by atoms with Crippen molar-refractivity contribution >= 4 is 16.8 Å². The van der Waals surface area contributed by atoms with E-state index in [1.165, 1.54) is 40.4 Å². The van der Waals surface area contributed by atoms with Gasteiger partial charge in [-0.25, -0.2) is 0 Å². The Balaban J connectivity index is 1.45. The van der Waals surface area contributed by atoms with Crippen molar-refractivity contribution in [2.45, 2.75) is 76.4 Å². The fraction of sp³-hybridized carbons (Fsp3) is 0.500. The molecule has 1 unspecified atom stereocenters. The molecule has 1 amide bonds. The second-order valence-corrected chi connectivity index (χ2v) is 10.8. The van der Waals surface area contributed by atoms with Crippen molar-refractivity contribution in [3.8, 4) is 0 Å². The van der Waals surface area contributed by atoms with E-state index < -0.39 is 0 Å². The molecule has 2 heterocycles. The van der Waals surface area contributed by atoms with Gasteiger partial charge in [0.15, 0.2) is 0 Å². The van der Waals surface area contributed by atoms with Gasteiger partial charge in [-0.05, 0) is 81.6 Å². The van der Waals surface area contributed by atoms with Gasteiger partial charge in [0.25, 0.3) is 0 Å². The Hall–Kier alpha value is -2.63. The number of hydrogen-bond donors (Lipinski definition) is 3. The Labute approximate surface area is 209 Å². The van der Waals surface area contributed by atoms with Crippen molar-refractivity contribution in [2.24, 2.45) is 11.7 Å². The molecule has 0 bridgehead atoms. The summed E-state index contributed by atoms with van der Waals surface area (Å²) in [6.45, 7) is 5.38. The molecule has 1 saturated carbocycles. The van der Waals surface area contributed by atoms with E-state index in [9.17, 15) is 4.79 Å². The lowest BCUT2D eigenvalue weighted by Gasteiger charge is -2.27. The van der Waals surface area contributed by atoms with Crippen LogP contribution in [0.3, 0.4) is 0 Å². The van der Waals surface area contributed by atoms with E-state index in [0.29, 0.717) is 12.3 Å². The molecule has 186 valence electrons. The first-order chi connectivity index (χ1) is 17.1. The zero-order valence-corrected chi connectivity index (χ0v) is 21.0. The first-order valence-corrected chi connectivity index (χ1v) is 13.5. The van der Waals surface area contributed by atoms with Gasteiger partial charge in [0.1, 0.15) is 0 Å². The minimum absolute atomic E-state index is 0.0277. The van der Waals surface area contributed by atoms with Gasteiger partial charge in [0, 0.05) is 48.1 Å². The molecule has 2 aliphatic rings. The molecule has 35 heavy (non-hydrogen) atoms. The lowest BCUT2D eigenvalue weighted by molar-refractivity contribution is -0.122. The van der Waals surface area contributed by atoms with E-state index in [1.54, 1.807) is 0 Å². The molecule has 3 aromatic rings. The maximum Gasteiger partial charge on any atom is 0.221 e. The van der Waals surface area contributed by atoms with E-state index in [-0.39, 0.29) is 23.9 Å². The third kappa shape index (κ3) is 5.79. The van der Waals surface area contributed by atoms with Gasteiger partial charge in [0.05, 0.1) is 0 Å². The van der Waals surface area contributed by atoms with Crippen LogP contribution < -0.4 is 16.4 Å². The summed E-state index contributed by atoms with van der Waals surface area (Å²) in [5.41, 5.74) is 11.1. The van der Waals surface area contributed by atoms with Crippen molar-refractivity contribution in [2.75, 3.05) is 13.1 Å². The molecule has 5 rings (SSSR count). The van der Waals surface area contributed by atoms with Crippen LogP contribution in [0.15, 0.2) is 54.7 Å². The average molecular weight is 473 g/mol. The minimum Gasteiger partial charge on any atom is -0.353 e. The van der Waals surface area contributed by atoms with E-state index in [1.807, 2.05) is 0 Å². The van der Waals surface area contributed by atoms with E-state index >= 15 is 0 Å². The Morgan fingerprint density at radius 1 is 1.06 bits per heavy atom. The SMILES string of the molecule is Cc1cccc(C(CC(=O)N[C@H]2CC[C@H](N)CC2)c2cn(CC3CCNCC3)c3ccccc23)c1. The van der Waals surface area contributed by atoms with Crippen LogP contribution in [0.2, 0.25) is 0 Å². The molecule has 2 fully saturated rings. The second kappa shape index (κ2) is 11.0. The summed E-state index contributed by atoms with van der Waals surface area (Å²) in [4.78, 5) is 13.3. The number of piperidine rings is 1. The van der Waals surface area contributed by atoms with Gasteiger partial charge in [-0.15, -0.1) is 0 Å². The summed E-state index contributed by atoms with van der Waals surface area (Å²) >= 11 is 0. The number of nitrogens with zero attached hydrogens (tertiary/aromatic N) is 1. The third-order valence-corrected chi connectivity index (χ3v) is 8.08. The summed E-state index contributed by atoms with van der Waals surface area (Å²) in [6, 6.07) is 17.9. The predicted octanol–water partition coefficient (Wildman–Crippen LogP) is 4.86. The van der Waals surface area contributed by atoms with Crippen LogP contribution in [0.1, 0.15) is 67.6 Å². The number of nitrogens with one attached hydrogen (secondary N) is 2. The molecule has 1 aliphatic heterocycles. The fourth-order valence-electron chi connectivity index (χ4n) is 6.08. The molecule has 5 heteroatoms. The number of benzene rings is 2. The quantitative estimate of drug-likeness (QED) is 0.460. The molecule has 1 atom stereocenters. The zero-order chi connectivity index (χ0) is 24.2. The van der Waals surface area contributed by atoms with Crippen molar-refractivity contribution < 1.29 is 4.79 Å². The molecule has 1 saturated heterocycles. The van der Waals surface area contributed by atoms with Gasteiger partial charge >= 0.3 is 0 Å². The van der Waals surface area contributed by atoms with Crippen LogP contribution in [0, 0.1) is 12.8 Å². The predicted molar refractivity (Wildman–Crippen MR) is 144 cm³/mol. The maximum absolute atomic E-state index is 13.3. The van der Waals surface area contributed by atoms with Crippen LogP contribution in [-0.2, 0) is 11.3 Å². The lowest BCUT2D eigenvalue weighted by atomic mass is 9.86. The largest absolute Gasteiger partial charge is 0.353 e. The number of hydrogen-bond acceptors (Lipinski definition) is 3. The van der Waals surface area contributed by atoms with Crippen LogP contribution in [0.4, 0.5) is 0 Å². The normalized spacial score (nSPS) is 22.2. The molecule has 0 radical (unpaired) electrons. The Bertz CT molecular complexity index is 1140. The first kappa shape index (κ1) is 24.1. The number of aryl methyl sites for hydroxylation is 1. The van der Waals surface area contributed by atoms with Crippen LogP contribution >= 0.6 is 0 Å². The van der Waals surface area contributed by atoms with Crippen molar-refractivity contribution in [3.05, 3.63) is 71.4 Å². The first-order valence-electron chi connectivity index (χ1n) is 13.5. The topological polar surface area (TPSA) is 72.1 Å². The summed E-state index contributed by atoms with van der Waals surface area (Å²) in [5, 5.41) is 8.09. The van der Waals surface area contributed by atoms with E-state index in [0.717, 1.165) is 45.3 Å². The van der Waals surface area contributed by atoms with Gasteiger partial charge in [-0.2, -0.15) is 0 Å². The van der Waals surface area contributed by atoms with E-state index in [2.05, 4.69) is 76.9 Å². The molecule has 1 aromatic heterocycles. The molecule has 1 aliphatic carbocycles. The summed E-state index contributed by atoms with van der Waals surface area (Å²) in [6.07, 6.45) is 9.20. The molecular formula is C30H40N4O. The Morgan fingerprint density at radius 3 is 2.60 bits per heavy atom. The maximum atomic E-state index is 13.3. The number of carbonyl (C=O) groups excluding carboxylic acids is 1. The van der Waals surface area contributed by atoms with Crippen LogP contribution in [-0.4, -0.2) is 35.6 Å². The Morgan fingerprint density at radius 2 is 1.83 bits per heavy atom. The summed E-state index contributed by atoms with van der Waals surface area (Å²) < 4.78 is 2.45. The van der Waals surface area contributed by atoms with Gasteiger partial charge in [-0.3, -0.25) is 4.79 Å². The number of para-hydroxylation sites is 1. The Kier molecular flexibility index (Phi) is 7.54. The van der Waals surface area contributed by atoms with Crippen LogP contribution in [0.5, 0.6) is 0 Å². The van der Waals surface area contributed by atoms with Gasteiger partial charge in [0.2, 0.25) is 5.91 Å². The van der Waals surface area contributed by atoms with Gasteiger partial charge < -0.3 is 20.9 Å². The fourth-order valence-corrected chi connectivity index (χ4v) is 6.08. The highest BCUT2D eigenvalue weighted by Crippen LogP contribution is 2.36. The van der Waals surface area contributed by atoms with Crippen LogP contribution in [0.25, 0.3) is 10.9 Å². The minimum atomic E-state index is 0.0277. The van der Waals surface area contributed by atoms with Gasteiger partial charge in [-0.1, -0.05) is 48.0 Å². The third-order valence-electron chi connectivity index (χ3n) is 8.08. The summed E-state index contributed by atoms with van der Waals surface area (Å²) in [7, 11) is 0. The highest BCUT2D eigenvalue weighted by Gasteiger charge is 2.26. The number of carbonyl (C=O) groups is 1. The number of rotatable bonds is 7. The molecule has 4 N–H and O–H groups in total. The summed E-state index contributed by atoms with van der Waals surface area (Å²) in [5.74, 6) is 0.866. The smallest absolute Gasteiger partial charge is 0.221 e. The average Bonchev–Trinajstić information content (AvgIpc) is 3.23. The van der Waals surface area contributed by atoms with Crippen molar-refractivity contribution in [3.63, 3.8) is 0 Å². The molecule has 0 spiro atoms. The van der Waals surface area contributed by atoms with Crippen molar-refractivity contribution in [1.29, 1.82) is 0 Å². The zero-order valence-electron chi connectivity index (χ0n) is 21.0. The number of amides is 1.